The maximum atomic E-state index is 13.2. The first-order valence-electron chi connectivity index (χ1n) is 9.40. The molecular formula is C22H15ClN4O3S. The minimum atomic E-state index is -0.170. The van der Waals surface area contributed by atoms with Gasteiger partial charge in [-0.2, -0.15) is 0 Å². The van der Waals surface area contributed by atoms with Crippen molar-refractivity contribution in [1.82, 2.24) is 19.7 Å². The van der Waals surface area contributed by atoms with E-state index in [4.69, 9.17) is 20.4 Å². The van der Waals surface area contributed by atoms with Crippen molar-refractivity contribution in [2.75, 3.05) is 0 Å². The van der Waals surface area contributed by atoms with Crippen LogP contribution in [-0.4, -0.2) is 19.7 Å². The molecule has 9 heteroatoms. The van der Waals surface area contributed by atoms with Gasteiger partial charge in [-0.1, -0.05) is 41.6 Å². The molecule has 0 N–H and O–H groups in total. The first-order chi connectivity index (χ1) is 15.2. The Morgan fingerprint density at radius 3 is 2.71 bits per heavy atom. The van der Waals surface area contributed by atoms with E-state index in [9.17, 15) is 4.79 Å². The highest BCUT2D eigenvalue weighted by molar-refractivity contribution is 7.98. The number of rotatable bonds is 6. The largest absolute Gasteiger partial charge is 0.467 e. The number of nitrogens with zero attached hydrogens (tertiary/aromatic N) is 4. The van der Waals surface area contributed by atoms with E-state index >= 15 is 0 Å². The van der Waals surface area contributed by atoms with Crippen LogP contribution in [0.2, 0.25) is 5.02 Å². The minimum absolute atomic E-state index is 0.170. The quantitative estimate of drug-likeness (QED) is 0.264. The van der Waals surface area contributed by atoms with E-state index in [0.717, 1.165) is 5.56 Å². The summed E-state index contributed by atoms with van der Waals surface area (Å²) in [6.45, 7) is 0.263. The second-order valence-electron chi connectivity index (χ2n) is 6.68. The molecule has 7 nitrogen and oxygen atoms in total. The van der Waals surface area contributed by atoms with E-state index in [-0.39, 0.29) is 12.1 Å². The molecule has 0 aliphatic heterocycles. The number of thioether (sulfide) groups is 1. The number of fused-ring (bicyclic) bond motifs is 1. The van der Waals surface area contributed by atoms with E-state index in [1.165, 1.54) is 11.8 Å². The number of furan rings is 1. The van der Waals surface area contributed by atoms with E-state index in [1.54, 1.807) is 35.1 Å². The van der Waals surface area contributed by atoms with E-state index in [0.29, 0.717) is 44.4 Å². The molecule has 154 valence electrons. The van der Waals surface area contributed by atoms with Gasteiger partial charge in [0.25, 0.3) is 5.56 Å². The molecule has 0 amide bonds. The third-order valence-electron chi connectivity index (χ3n) is 4.59. The molecule has 2 aromatic carbocycles. The molecule has 31 heavy (non-hydrogen) atoms. The number of halogens is 1. The molecule has 0 unspecified atom stereocenters. The van der Waals surface area contributed by atoms with Crippen LogP contribution in [0.3, 0.4) is 0 Å². The van der Waals surface area contributed by atoms with Gasteiger partial charge in [0.05, 0.1) is 29.5 Å². The molecule has 3 heterocycles. The zero-order valence-corrected chi connectivity index (χ0v) is 17.6. The second-order valence-corrected chi connectivity index (χ2v) is 8.06. The summed E-state index contributed by atoms with van der Waals surface area (Å²) in [5, 5.41) is 9.75. The molecule has 5 rings (SSSR count). The molecular weight excluding hydrogens is 436 g/mol. The molecule has 5 aromatic rings. The maximum Gasteiger partial charge on any atom is 0.262 e. The van der Waals surface area contributed by atoms with Crippen LogP contribution < -0.4 is 5.56 Å². The van der Waals surface area contributed by atoms with Crippen LogP contribution in [0.1, 0.15) is 11.7 Å². The highest BCUT2D eigenvalue weighted by Gasteiger charge is 2.16. The number of hydrogen-bond donors (Lipinski definition) is 0. The number of hydrogen-bond acceptors (Lipinski definition) is 7. The van der Waals surface area contributed by atoms with Crippen LogP contribution in [0.15, 0.2) is 85.7 Å². The molecule has 0 aliphatic carbocycles. The van der Waals surface area contributed by atoms with E-state index < -0.39 is 0 Å². The van der Waals surface area contributed by atoms with Crippen molar-refractivity contribution in [2.45, 2.75) is 17.5 Å². The van der Waals surface area contributed by atoms with E-state index in [2.05, 4.69) is 15.2 Å². The summed E-state index contributed by atoms with van der Waals surface area (Å²) in [5.74, 6) is 1.90. The average Bonchev–Trinajstić information content (AvgIpc) is 3.47. The van der Waals surface area contributed by atoms with Crippen molar-refractivity contribution < 1.29 is 8.83 Å². The summed E-state index contributed by atoms with van der Waals surface area (Å²) >= 11 is 7.44. The van der Waals surface area contributed by atoms with Crippen molar-refractivity contribution in [2.24, 2.45) is 0 Å². The van der Waals surface area contributed by atoms with Gasteiger partial charge in [0.2, 0.25) is 11.8 Å². The molecule has 3 aromatic heterocycles. The topological polar surface area (TPSA) is 87.0 Å². The lowest BCUT2D eigenvalue weighted by Gasteiger charge is -2.11. The van der Waals surface area contributed by atoms with Gasteiger partial charge in [0, 0.05) is 10.6 Å². The molecule has 0 fully saturated rings. The summed E-state index contributed by atoms with van der Waals surface area (Å²) in [5.41, 5.74) is 1.21. The fraction of sp³-hybridized carbons (Fsp3) is 0.0909. The fourth-order valence-electron chi connectivity index (χ4n) is 3.12. The third-order valence-corrected chi connectivity index (χ3v) is 5.78. The van der Waals surface area contributed by atoms with Crippen LogP contribution in [0.5, 0.6) is 0 Å². The van der Waals surface area contributed by atoms with Crippen LogP contribution in [0, 0.1) is 0 Å². The zero-order chi connectivity index (χ0) is 21.2. The maximum absolute atomic E-state index is 13.2. The van der Waals surface area contributed by atoms with Crippen molar-refractivity contribution in [3.05, 3.63) is 94.0 Å². The van der Waals surface area contributed by atoms with E-state index in [1.807, 2.05) is 36.4 Å². The number of benzene rings is 2. The Bertz CT molecular complexity index is 1400. The normalized spacial score (nSPS) is 11.3. The predicted molar refractivity (Wildman–Crippen MR) is 118 cm³/mol. The van der Waals surface area contributed by atoms with Crippen LogP contribution >= 0.6 is 23.4 Å². The monoisotopic (exact) mass is 450 g/mol. The smallest absolute Gasteiger partial charge is 0.262 e. The highest BCUT2D eigenvalue weighted by Crippen LogP contribution is 2.25. The Morgan fingerprint density at radius 2 is 1.90 bits per heavy atom. The van der Waals surface area contributed by atoms with Crippen molar-refractivity contribution in [3.8, 4) is 11.5 Å². The molecule has 0 saturated heterocycles. The molecule has 0 bridgehead atoms. The van der Waals surface area contributed by atoms with Gasteiger partial charge in [-0.3, -0.25) is 9.36 Å². The summed E-state index contributed by atoms with van der Waals surface area (Å²) in [4.78, 5) is 17.8. The molecule has 0 aliphatic rings. The van der Waals surface area contributed by atoms with Crippen LogP contribution in [0.25, 0.3) is 22.4 Å². The molecule has 0 radical (unpaired) electrons. The van der Waals surface area contributed by atoms with Crippen molar-refractivity contribution >= 4 is 34.3 Å². The van der Waals surface area contributed by atoms with Crippen molar-refractivity contribution in [1.29, 1.82) is 0 Å². The average molecular weight is 451 g/mol. The standard InChI is InChI=1S/C22H15ClN4O3S/c23-15-8-9-17-18(11-15)24-22(27(21(17)28)12-16-7-4-10-29-16)31-13-19-25-26-20(30-19)14-5-2-1-3-6-14/h1-11H,12-13H2. The Balaban J connectivity index is 1.48. The Labute approximate surface area is 185 Å². The van der Waals surface area contributed by atoms with Crippen LogP contribution in [0.4, 0.5) is 0 Å². The van der Waals surface area contributed by atoms with Gasteiger partial charge >= 0.3 is 0 Å². The van der Waals surface area contributed by atoms with Gasteiger partial charge in [-0.15, -0.1) is 10.2 Å². The zero-order valence-electron chi connectivity index (χ0n) is 16.1. The molecule has 0 spiro atoms. The molecule has 0 saturated carbocycles. The SMILES string of the molecule is O=c1c2ccc(Cl)cc2nc(SCc2nnc(-c3ccccc3)o2)n1Cc1ccco1. The summed E-state index contributed by atoms with van der Waals surface area (Å²) in [6, 6.07) is 18.2. The molecule has 0 atom stereocenters. The predicted octanol–water partition coefficient (Wildman–Crippen LogP) is 5.03. The first-order valence-corrected chi connectivity index (χ1v) is 10.8. The lowest BCUT2D eigenvalue weighted by molar-refractivity contribution is 0.476. The summed E-state index contributed by atoms with van der Waals surface area (Å²) in [7, 11) is 0. The van der Waals surface area contributed by atoms with Gasteiger partial charge < -0.3 is 8.83 Å². The van der Waals surface area contributed by atoms with Crippen LogP contribution in [-0.2, 0) is 12.3 Å². The number of aromatic nitrogens is 4. The van der Waals surface area contributed by atoms with Gasteiger partial charge in [-0.05, 0) is 42.5 Å². The summed E-state index contributed by atoms with van der Waals surface area (Å²) < 4.78 is 12.8. The minimum Gasteiger partial charge on any atom is -0.467 e. The lowest BCUT2D eigenvalue weighted by atomic mass is 10.2. The summed E-state index contributed by atoms with van der Waals surface area (Å²) in [6.07, 6.45) is 1.57. The Morgan fingerprint density at radius 1 is 1.03 bits per heavy atom. The highest BCUT2D eigenvalue weighted by atomic mass is 35.5. The lowest BCUT2D eigenvalue weighted by Crippen LogP contribution is -2.23. The first kappa shape index (κ1) is 19.6. The third kappa shape index (κ3) is 4.12. The Kier molecular flexibility index (Phi) is 5.31. The fourth-order valence-corrected chi connectivity index (χ4v) is 4.12. The van der Waals surface area contributed by atoms with Crippen molar-refractivity contribution in [3.63, 3.8) is 0 Å². The Hall–Kier alpha value is -3.36. The van der Waals surface area contributed by atoms with Gasteiger partial charge in [0.1, 0.15) is 5.76 Å². The van der Waals surface area contributed by atoms with Gasteiger partial charge in [0.15, 0.2) is 5.16 Å². The van der Waals surface area contributed by atoms with Gasteiger partial charge in [-0.25, -0.2) is 4.98 Å². The second kappa shape index (κ2) is 8.41.